The summed E-state index contributed by atoms with van der Waals surface area (Å²) in [6.45, 7) is 10.4. The number of piperazine rings is 1. The predicted octanol–water partition coefficient (Wildman–Crippen LogP) is 2.76. The van der Waals surface area contributed by atoms with Crippen LogP contribution in [0.3, 0.4) is 0 Å². The summed E-state index contributed by atoms with van der Waals surface area (Å²) in [6.07, 6.45) is 7.34. The highest BCUT2D eigenvalue weighted by atomic mass is 15.3. The summed E-state index contributed by atoms with van der Waals surface area (Å²) in [7, 11) is 2.14. The van der Waals surface area contributed by atoms with Crippen LogP contribution in [-0.2, 0) is 0 Å². The lowest BCUT2D eigenvalue weighted by Gasteiger charge is -2.32. The van der Waals surface area contributed by atoms with Gasteiger partial charge in [0.25, 0.3) is 0 Å². The normalized spacial score (nSPS) is 15.3. The largest absolute Gasteiger partial charge is 0.338 e. The Hall–Kier alpha value is -3.33. The monoisotopic (exact) mass is 417 g/mol. The highest BCUT2D eigenvalue weighted by Gasteiger charge is 2.22. The van der Waals surface area contributed by atoms with Crippen molar-refractivity contribution in [1.82, 2.24) is 39.7 Å². The van der Waals surface area contributed by atoms with Crippen LogP contribution in [0.15, 0.2) is 31.0 Å². The summed E-state index contributed by atoms with van der Waals surface area (Å²) in [5, 5.41) is 12.2. The van der Waals surface area contributed by atoms with Gasteiger partial charge in [-0.25, -0.2) is 19.5 Å². The predicted molar refractivity (Wildman–Crippen MR) is 120 cm³/mol. The van der Waals surface area contributed by atoms with Crippen LogP contribution in [0.2, 0.25) is 0 Å². The molecule has 31 heavy (non-hydrogen) atoms. The van der Waals surface area contributed by atoms with Crippen molar-refractivity contribution in [2.45, 2.75) is 26.7 Å². The fourth-order valence-corrected chi connectivity index (χ4v) is 4.20. The van der Waals surface area contributed by atoms with E-state index in [0.717, 1.165) is 71.4 Å². The first-order valence-corrected chi connectivity index (χ1v) is 10.7. The Balaban J connectivity index is 1.51. The van der Waals surface area contributed by atoms with Gasteiger partial charge in [0.1, 0.15) is 6.33 Å². The number of fused-ring (bicyclic) bond motifs is 1. The highest BCUT2D eigenvalue weighted by Crippen LogP contribution is 2.35. The van der Waals surface area contributed by atoms with Crippen LogP contribution in [0.5, 0.6) is 0 Å². The van der Waals surface area contributed by atoms with Gasteiger partial charge in [0.15, 0.2) is 5.65 Å². The van der Waals surface area contributed by atoms with E-state index in [2.05, 4.69) is 67.0 Å². The first-order chi connectivity index (χ1) is 15.0. The van der Waals surface area contributed by atoms with Gasteiger partial charge in [-0.1, -0.05) is 13.8 Å². The number of hydrogen-bond donors (Lipinski definition) is 1. The molecule has 1 aliphatic heterocycles. The molecule has 0 aliphatic carbocycles. The van der Waals surface area contributed by atoms with Crippen LogP contribution >= 0.6 is 0 Å². The molecule has 4 aromatic heterocycles. The number of likely N-dealkylation sites (N-methyl/N-ethyl adjacent to an activating group) is 1. The van der Waals surface area contributed by atoms with Gasteiger partial charge < -0.3 is 9.80 Å². The molecule has 160 valence electrons. The Morgan fingerprint density at radius 3 is 2.45 bits per heavy atom. The van der Waals surface area contributed by atoms with Crippen LogP contribution in [0.1, 0.15) is 30.9 Å². The molecule has 0 saturated carbocycles. The maximum absolute atomic E-state index is 4.66. The van der Waals surface area contributed by atoms with E-state index >= 15 is 0 Å². The molecule has 0 aromatic carbocycles. The molecule has 1 N–H and O–H groups in total. The standard InChI is InChI=1S/C22H27N9/c1-14(2)18-19(16-9-15(3)21-25-13-26-31(21)12-16)27-28-20(18)17-10-23-22(24-11-17)30-7-5-29(4)6-8-30/h9-14H,5-8H2,1-4H3,(H,27,28). The maximum atomic E-state index is 4.66. The molecule has 0 atom stereocenters. The van der Waals surface area contributed by atoms with Crippen molar-refractivity contribution >= 4 is 11.6 Å². The minimum atomic E-state index is 0.271. The second-order valence-corrected chi connectivity index (χ2v) is 8.52. The molecular formula is C22H27N9. The van der Waals surface area contributed by atoms with Crippen molar-refractivity contribution in [3.8, 4) is 22.5 Å². The highest BCUT2D eigenvalue weighted by molar-refractivity contribution is 5.75. The molecule has 0 spiro atoms. The first kappa shape index (κ1) is 19.6. The molecule has 9 heteroatoms. The molecule has 0 amide bonds. The lowest BCUT2D eigenvalue weighted by molar-refractivity contribution is 0.311. The smallest absolute Gasteiger partial charge is 0.225 e. The third-order valence-electron chi connectivity index (χ3n) is 5.93. The number of aromatic amines is 1. The van der Waals surface area contributed by atoms with Crippen LogP contribution in [0, 0.1) is 6.92 Å². The summed E-state index contributed by atoms with van der Waals surface area (Å²) < 4.78 is 1.81. The van der Waals surface area contributed by atoms with Gasteiger partial charge >= 0.3 is 0 Å². The summed E-state index contributed by atoms with van der Waals surface area (Å²) in [6, 6.07) is 2.13. The fourth-order valence-electron chi connectivity index (χ4n) is 4.20. The number of aromatic nitrogens is 7. The van der Waals surface area contributed by atoms with Gasteiger partial charge in [0.2, 0.25) is 5.95 Å². The Morgan fingerprint density at radius 1 is 1.00 bits per heavy atom. The quantitative estimate of drug-likeness (QED) is 0.546. The Kier molecular flexibility index (Phi) is 4.90. The molecule has 0 bridgehead atoms. The molecule has 9 nitrogen and oxygen atoms in total. The van der Waals surface area contributed by atoms with E-state index < -0.39 is 0 Å². The van der Waals surface area contributed by atoms with E-state index in [0.29, 0.717) is 0 Å². The van der Waals surface area contributed by atoms with Crippen LogP contribution < -0.4 is 4.90 Å². The number of rotatable bonds is 4. The molecule has 1 aliphatic rings. The molecule has 5 rings (SSSR count). The van der Waals surface area contributed by atoms with Crippen molar-refractivity contribution in [1.29, 1.82) is 0 Å². The number of nitrogens with zero attached hydrogens (tertiary/aromatic N) is 8. The Bertz CT molecular complexity index is 1200. The number of H-pyrrole nitrogens is 1. The fraction of sp³-hybridized carbons (Fsp3) is 0.409. The van der Waals surface area contributed by atoms with Crippen molar-refractivity contribution in [3.63, 3.8) is 0 Å². The molecular weight excluding hydrogens is 390 g/mol. The average molecular weight is 418 g/mol. The third-order valence-corrected chi connectivity index (χ3v) is 5.93. The molecule has 0 unspecified atom stereocenters. The van der Waals surface area contributed by atoms with E-state index in [9.17, 15) is 0 Å². The Labute approximate surface area is 181 Å². The lowest BCUT2D eigenvalue weighted by atomic mass is 9.95. The molecule has 5 heterocycles. The topological polar surface area (TPSA) is 91.1 Å². The first-order valence-electron chi connectivity index (χ1n) is 10.7. The van der Waals surface area contributed by atoms with Gasteiger partial charge in [-0.05, 0) is 31.5 Å². The third kappa shape index (κ3) is 3.54. The van der Waals surface area contributed by atoms with Crippen LogP contribution in [0.4, 0.5) is 5.95 Å². The van der Waals surface area contributed by atoms with Gasteiger partial charge in [-0.3, -0.25) is 5.10 Å². The zero-order valence-electron chi connectivity index (χ0n) is 18.4. The van der Waals surface area contributed by atoms with Gasteiger partial charge in [-0.2, -0.15) is 10.2 Å². The van der Waals surface area contributed by atoms with Crippen LogP contribution in [-0.4, -0.2) is 72.9 Å². The van der Waals surface area contributed by atoms with Gasteiger partial charge in [0, 0.05) is 61.5 Å². The molecule has 1 fully saturated rings. The number of nitrogens with one attached hydrogen (secondary N) is 1. The number of hydrogen-bond acceptors (Lipinski definition) is 7. The van der Waals surface area contributed by atoms with Gasteiger partial charge in [-0.15, -0.1) is 0 Å². The average Bonchev–Trinajstić information content (AvgIpc) is 3.42. The van der Waals surface area contributed by atoms with Gasteiger partial charge in [0.05, 0.1) is 11.4 Å². The van der Waals surface area contributed by atoms with Crippen molar-refractivity contribution in [3.05, 3.63) is 42.1 Å². The van der Waals surface area contributed by atoms with E-state index in [1.165, 1.54) is 0 Å². The zero-order chi connectivity index (χ0) is 21.5. The van der Waals surface area contributed by atoms with Crippen molar-refractivity contribution in [2.24, 2.45) is 0 Å². The molecule has 1 saturated heterocycles. The number of aryl methyl sites for hydroxylation is 1. The molecule has 4 aromatic rings. The SMILES string of the molecule is Cc1cc(-c2[nH]nc(-c3cnc(N4CCN(C)CC4)nc3)c2C(C)C)cn2ncnc12. The van der Waals surface area contributed by atoms with E-state index in [-0.39, 0.29) is 5.92 Å². The van der Waals surface area contributed by atoms with E-state index in [1.54, 1.807) is 6.33 Å². The van der Waals surface area contributed by atoms with Crippen molar-refractivity contribution in [2.75, 3.05) is 38.1 Å². The lowest BCUT2D eigenvalue weighted by Crippen LogP contribution is -2.45. The number of anilines is 1. The van der Waals surface area contributed by atoms with E-state index in [1.807, 2.05) is 30.0 Å². The zero-order valence-corrected chi connectivity index (χ0v) is 18.4. The minimum absolute atomic E-state index is 0.271. The minimum Gasteiger partial charge on any atom is -0.338 e. The molecule has 0 radical (unpaired) electrons. The van der Waals surface area contributed by atoms with Crippen LogP contribution in [0.25, 0.3) is 28.2 Å². The second kappa shape index (κ2) is 7.73. The summed E-state index contributed by atoms with van der Waals surface area (Å²) in [4.78, 5) is 18.2. The maximum Gasteiger partial charge on any atom is 0.225 e. The second-order valence-electron chi connectivity index (χ2n) is 8.52. The summed E-state index contributed by atoms with van der Waals surface area (Å²) in [5.41, 5.74) is 6.92. The summed E-state index contributed by atoms with van der Waals surface area (Å²) in [5.74, 6) is 1.05. The Morgan fingerprint density at radius 2 is 1.74 bits per heavy atom. The number of pyridine rings is 1. The van der Waals surface area contributed by atoms with Crippen molar-refractivity contribution < 1.29 is 0 Å². The summed E-state index contributed by atoms with van der Waals surface area (Å²) >= 11 is 0. The van der Waals surface area contributed by atoms with E-state index in [4.69, 9.17) is 0 Å².